The molecule has 5 heteroatoms. The minimum absolute atomic E-state index is 0.203. The van der Waals surface area contributed by atoms with Crippen LogP contribution in [0.5, 0.6) is 0 Å². The highest BCUT2D eigenvalue weighted by Crippen LogP contribution is 2.17. The number of rotatable bonds is 2. The predicted molar refractivity (Wildman–Crippen MR) is 75.5 cm³/mol. The molecule has 0 aliphatic rings. The van der Waals surface area contributed by atoms with Gasteiger partial charge in [-0.3, -0.25) is 4.79 Å². The Balaban J connectivity index is 2.18. The molecule has 0 saturated carbocycles. The van der Waals surface area contributed by atoms with E-state index in [4.69, 9.17) is 5.73 Å². The topological polar surface area (TPSA) is 68.0 Å². The molecule has 0 spiro atoms. The van der Waals surface area contributed by atoms with Crippen LogP contribution in [0.15, 0.2) is 41.1 Å². The highest BCUT2D eigenvalue weighted by molar-refractivity contribution is 9.10. The molecule has 1 heterocycles. The van der Waals surface area contributed by atoms with Crippen molar-refractivity contribution in [2.24, 2.45) is 0 Å². The summed E-state index contributed by atoms with van der Waals surface area (Å²) in [5, 5.41) is 2.78. The summed E-state index contributed by atoms with van der Waals surface area (Å²) in [5.74, 6) is -0.203. The van der Waals surface area contributed by atoms with E-state index in [0.29, 0.717) is 16.9 Å². The summed E-state index contributed by atoms with van der Waals surface area (Å²) in [6.07, 6.45) is 1.60. The number of amides is 1. The number of nitrogen functional groups attached to an aromatic ring is 1. The zero-order valence-electron chi connectivity index (χ0n) is 9.77. The van der Waals surface area contributed by atoms with Crippen molar-refractivity contribution in [1.29, 1.82) is 0 Å². The number of benzene rings is 1. The van der Waals surface area contributed by atoms with Crippen molar-refractivity contribution in [1.82, 2.24) is 4.98 Å². The second-order valence-corrected chi connectivity index (χ2v) is 4.66. The van der Waals surface area contributed by atoms with Gasteiger partial charge in [0.1, 0.15) is 4.60 Å². The van der Waals surface area contributed by atoms with E-state index < -0.39 is 0 Å². The summed E-state index contributed by atoms with van der Waals surface area (Å²) in [7, 11) is 0. The van der Waals surface area contributed by atoms with Gasteiger partial charge in [0, 0.05) is 11.3 Å². The first kappa shape index (κ1) is 12.6. The Labute approximate surface area is 113 Å². The minimum Gasteiger partial charge on any atom is -0.399 e. The van der Waals surface area contributed by atoms with Crippen molar-refractivity contribution in [3.05, 3.63) is 52.3 Å². The first-order valence-electron chi connectivity index (χ1n) is 5.35. The maximum absolute atomic E-state index is 12.0. The number of carbonyl (C=O) groups is 1. The van der Waals surface area contributed by atoms with Gasteiger partial charge < -0.3 is 11.1 Å². The summed E-state index contributed by atoms with van der Waals surface area (Å²) >= 11 is 3.31. The van der Waals surface area contributed by atoms with Gasteiger partial charge in [0.15, 0.2) is 0 Å². The monoisotopic (exact) mass is 305 g/mol. The van der Waals surface area contributed by atoms with Crippen molar-refractivity contribution >= 4 is 33.2 Å². The molecule has 0 unspecified atom stereocenters. The fraction of sp³-hybridized carbons (Fsp3) is 0.0769. The number of aromatic nitrogens is 1. The number of pyridine rings is 1. The van der Waals surface area contributed by atoms with Gasteiger partial charge in [-0.25, -0.2) is 4.98 Å². The van der Waals surface area contributed by atoms with Gasteiger partial charge >= 0.3 is 0 Å². The largest absolute Gasteiger partial charge is 0.399 e. The lowest BCUT2D eigenvalue weighted by atomic mass is 10.2. The van der Waals surface area contributed by atoms with Crippen LogP contribution in [-0.4, -0.2) is 10.9 Å². The van der Waals surface area contributed by atoms with Crippen molar-refractivity contribution in [3.63, 3.8) is 0 Å². The number of halogens is 1. The number of carbonyl (C=O) groups excluding carboxylic acids is 1. The zero-order chi connectivity index (χ0) is 13.1. The molecule has 4 nitrogen and oxygen atoms in total. The summed E-state index contributed by atoms with van der Waals surface area (Å²) in [5.41, 5.74) is 8.34. The standard InChI is InChI=1S/C13H12BrN3O/c1-8-5-11(7-16-12(8)14)17-13(18)9-3-2-4-10(15)6-9/h2-7H,15H2,1H3,(H,17,18). The van der Waals surface area contributed by atoms with Gasteiger partial charge in [0.05, 0.1) is 11.9 Å². The average molecular weight is 306 g/mol. The molecule has 1 amide bonds. The van der Waals surface area contributed by atoms with Crippen LogP contribution in [0.2, 0.25) is 0 Å². The maximum Gasteiger partial charge on any atom is 0.255 e. The number of nitrogens with two attached hydrogens (primary N) is 1. The first-order chi connectivity index (χ1) is 8.56. The van der Waals surface area contributed by atoms with Gasteiger partial charge in [-0.05, 0) is 52.7 Å². The fourth-order valence-electron chi connectivity index (χ4n) is 1.51. The smallest absolute Gasteiger partial charge is 0.255 e. The van der Waals surface area contributed by atoms with Gasteiger partial charge in [-0.15, -0.1) is 0 Å². The molecule has 2 aromatic rings. The lowest BCUT2D eigenvalue weighted by Gasteiger charge is -2.07. The molecule has 0 fully saturated rings. The van der Waals surface area contributed by atoms with Gasteiger partial charge in [0.2, 0.25) is 0 Å². The van der Waals surface area contributed by atoms with Crippen LogP contribution in [-0.2, 0) is 0 Å². The number of hydrogen-bond acceptors (Lipinski definition) is 3. The molecule has 0 bridgehead atoms. The fourth-order valence-corrected chi connectivity index (χ4v) is 1.73. The Hall–Kier alpha value is -1.88. The van der Waals surface area contributed by atoms with Crippen LogP contribution in [0.25, 0.3) is 0 Å². The third-order valence-corrected chi connectivity index (χ3v) is 3.25. The normalized spacial score (nSPS) is 10.1. The Morgan fingerprint density at radius 3 is 2.83 bits per heavy atom. The second-order valence-electron chi connectivity index (χ2n) is 3.91. The van der Waals surface area contributed by atoms with E-state index in [9.17, 15) is 4.79 Å². The number of nitrogens with one attached hydrogen (secondary N) is 1. The lowest BCUT2D eigenvalue weighted by molar-refractivity contribution is 0.102. The summed E-state index contributed by atoms with van der Waals surface area (Å²) in [4.78, 5) is 16.1. The molecular weight excluding hydrogens is 294 g/mol. The van der Waals surface area contributed by atoms with Crippen LogP contribution in [0.4, 0.5) is 11.4 Å². The summed E-state index contributed by atoms with van der Waals surface area (Å²) < 4.78 is 0.768. The van der Waals surface area contributed by atoms with Crippen LogP contribution in [0.1, 0.15) is 15.9 Å². The number of nitrogens with zero attached hydrogens (tertiary/aromatic N) is 1. The molecule has 3 N–H and O–H groups in total. The first-order valence-corrected chi connectivity index (χ1v) is 6.14. The van der Waals surface area contributed by atoms with E-state index in [2.05, 4.69) is 26.2 Å². The SMILES string of the molecule is Cc1cc(NC(=O)c2cccc(N)c2)cnc1Br. The maximum atomic E-state index is 12.0. The Morgan fingerprint density at radius 2 is 2.17 bits per heavy atom. The van der Waals surface area contributed by atoms with Crippen LogP contribution in [0, 0.1) is 6.92 Å². The van der Waals surface area contributed by atoms with Gasteiger partial charge in [-0.2, -0.15) is 0 Å². The molecule has 18 heavy (non-hydrogen) atoms. The van der Waals surface area contributed by atoms with E-state index in [1.807, 2.05) is 13.0 Å². The van der Waals surface area contributed by atoms with Crippen molar-refractivity contribution in [2.45, 2.75) is 6.92 Å². The number of anilines is 2. The third-order valence-electron chi connectivity index (χ3n) is 2.42. The van der Waals surface area contributed by atoms with Crippen LogP contribution >= 0.6 is 15.9 Å². The van der Waals surface area contributed by atoms with E-state index in [-0.39, 0.29) is 5.91 Å². The Morgan fingerprint density at radius 1 is 1.39 bits per heavy atom. The van der Waals surface area contributed by atoms with E-state index in [0.717, 1.165) is 10.2 Å². The molecule has 92 valence electrons. The highest BCUT2D eigenvalue weighted by Gasteiger charge is 2.07. The predicted octanol–water partition coefficient (Wildman–Crippen LogP) is 2.99. The Bertz CT molecular complexity index is 599. The number of hydrogen-bond donors (Lipinski definition) is 2. The highest BCUT2D eigenvalue weighted by atomic mass is 79.9. The van der Waals surface area contributed by atoms with Gasteiger partial charge in [-0.1, -0.05) is 6.07 Å². The quantitative estimate of drug-likeness (QED) is 0.662. The molecule has 0 aliphatic carbocycles. The molecule has 0 radical (unpaired) electrons. The van der Waals surface area contributed by atoms with Gasteiger partial charge in [0.25, 0.3) is 5.91 Å². The molecule has 0 saturated heterocycles. The minimum atomic E-state index is -0.203. The number of aryl methyl sites for hydroxylation is 1. The lowest BCUT2D eigenvalue weighted by Crippen LogP contribution is -2.12. The van der Waals surface area contributed by atoms with E-state index in [1.165, 1.54) is 0 Å². The van der Waals surface area contributed by atoms with Crippen molar-refractivity contribution < 1.29 is 4.79 Å². The van der Waals surface area contributed by atoms with Crippen LogP contribution in [0.3, 0.4) is 0 Å². The second kappa shape index (κ2) is 5.18. The molecular formula is C13H12BrN3O. The van der Waals surface area contributed by atoms with Crippen molar-refractivity contribution in [2.75, 3.05) is 11.1 Å². The van der Waals surface area contributed by atoms with E-state index >= 15 is 0 Å². The zero-order valence-corrected chi connectivity index (χ0v) is 11.4. The summed E-state index contributed by atoms with van der Waals surface area (Å²) in [6, 6.07) is 8.68. The Kier molecular flexibility index (Phi) is 3.62. The van der Waals surface area contributed by atoms with Crippen LogP contribution < -0.4 is 11.1 Å². The van der Waals surface area contributed by atoms with Crippen molar-refractivity contribution in [3.8, 4) is 0 Å². The molecule has 0 atom stereocenters. The molecule has 1 aromatic heterocycles. The average Bonchev–Trinajstić information content (AvgIpc) is 2.34. The van der Waals surface area contributed by atoms with E-state index in [1.54, 1.807) is 30.5 Å². The molecule has 0 aliphatic heterocycles. The molecule has 2 rings (SSSR count). The summed E-state index contributed by atoms with van der Waals surface area (Å²) in [6.45, 7) is 1.91. The third kappa shape index (κ3) is 2.87. The molecule has 1 aromatic carbocycles.